The van der Waals surface area contributed by atoms with Crippen LogP contribution in [0.3, 0.4) is 0 Å². The highest BCUT2D eigenvalue weighted by molar-refractivity contribution is 14.0. The standard InChI is InChI=1S/C17H23N3O.HI/c1-3-18-17(19-10-13-8-9-13)20-11-16-12(2)14-6-4-5-7-15(14)21-16;/h4-7,13H,3,8-11H2,1-2H3,(H2,18,19,20);1H. The van der Waals surface area contributed by atoms with E-state index in [1.54, 1.807) is 0 Å². The lowest BCUT2D eigenvalue weighted by molar-refractivity contribution is 0.547. The Balaban J connectivity index is 0.00000176. The molecule has 1 aliphatic rings. The van der Waals surface area contributed by atoms with Crippen LogP contribution in [0.5, 0.6) is 0 Å². The lowest BCUT2D eigenvalue weighted by Crippen LogP contribution is -2.38. The van der Waals surface area contributed by atoms with Crippen LogP contribution in [0.25, 0.3) is 11.0 Å². The van der Waals surface area contributed by atoms with Gasteiger partial charge in [-0.15, -0.1) is 24.0 Å². The molecule has 2 aromatic rings. The molecular weight excluding hydrogens is 389 g/mol. The zero-order valence-corrected chi connectivity index (χ0v) is 15.5. The highest BCUT2D eigenvalue weighted by Crippen LogP contribution is 2.27. The molecule has 1 aliphatic carbocycles. The highest BCUT2D eigenvalue weighted by Gasteiger charge is 2.21. The average molecular weight is 413 g/mol. The topological polar surface area (TPSA) is 49.6 Å². The average Bonchev–Trinajstić information content (AvgIpc) is 3.27. The number of rotatable bonds is 5. The molecule has 2 N–H and O–H groups in total. The molecule has 3 rings (SSSR count). The molecule has 1 saturated carbocycles. The molecule has 0 aliphatic heterocycles. The third kappa shape index (κ3) is 4.15. The summed E-state index contributed by atoms with van der Waals surface area (Å²) in [4.78, 5) is 4.64. The molecule has 1 heterocycles. The molecule has 22 heavy (non-hydrogen) atoms. The van der Waals surface area contributed by atoms with Gasteiger partial charge in [0.1, 0.15) is 17.9 Å². The summed E-state index contributed by atoms with van der Waals surface area (Å²) in [7, 11) is 0. The van der Waals surface area contributed by atoms with Crippen LogP contribution in [0.4, 0.5) is 0 Å². The van der Waals surface area contributed by atoms with Crippen molar-refractivity contribution in [2.45, 2.75) is 33.2 Å². The van der Waals surface area contributed by atoms with Gasteiger partial charge in [-0.1, -0.05) is 18.2 Å². The second-order valence-electron chi connectivity index (χ2n) is 5.67. The van der Waals surface area contributed by atoms with Crippen LogP contribution < -0.4 is 10.6 Å². The molecule has 0 radical (unpaired) electrons. The smallest absolute Gasteiger partial charge is 0.191 e. The summed E-state index contributed by atoms with van der Waals surface area (Å²) in [6.07, 6.45) is 2.68. The summed E-state index contributed by atoms with van der Waals surface area (Å²) in [5.41, 5.74) is 2.13. The minimum Gasteiger partial charge on any atom is -0.459 e. The Morgan fingerprint density at radius 1 is 1.27 bits per heavy atom. The number of halogens is 1. The SMILES string of the molecule is CCNC(=NCc1oc2ccccc2c1C)NCC1CC1.I. The van der Waals surface area contributed by atoms with E-state index in [0.717, 1.165) is 36.3 Å². The van der Waals surface area contributed by atoms with E-state index < -0.39 is 0 Å². The first-order valence-corrected chi connectivity index (χ1v) is 7.77. The van der Waals surface area contributed by atoms with Gasteiger partial charge in [0.15, 0.2) is 5.96 Å². The van der Waals surface area contributed by atoms with E-state index in [1.807, 2.05) is 18.2 Å². The predicted molar refractivity (Wildman–Crippen MR) is 102 cm³/mol. The minimum atomic E-state index is 0. The minimum absolute atomic E-state index is 0. The molecule has 0 bridgehead atoms. The number of aliphatic imine (C=N–C) groups is 1. The van der Waals surface area contributed by atoms with Gasteiger partial charge in [0.2, 0.25) is 0 Å². The molecule has 0 amide bonds. The summed E-state index contributed by atoms with van der Waals surface area (Å²) in [6.45, 7) is 6.64. The Morgan fingerprint density at radius 3 is 2.73 bits per heavy atom. The Hall–Kier alpha value is -1.24. The molecule has 0 spiro atoms. The Kier molecular flexibility index (Phi) is 6.11. The van der Waals surface area contributed by atoms with Gasteiger partial charge in [-0.3, -0.25) is 0 Å². The zero-order valence-electron chi connectivity index (χ0n) is 13.2. The van der Waals surface area contributed by atoms with Crippen LogP contribution >= 0.6 is 24.0 Å². The van der Waals surface area contributed by atoms with E-state index in [0.29, 0.717) is 6.54 Å². The van der Waals surface area contributed by atoms with Crippen molar-refractivity contribution in [3.63, 3.8) is 0 Å². The fourth-order valence-electron chi connectivity index (χ4n) is 2.43. The molecule has 120 valence electrons. The van der Waals surface area contributed by atoms with Crippen LogP contribution in [0.2, 0.25) is 0 Å². The molecule has 1 aromatic heterocycles. The molecule has 4 nitrogen and oxygen atoms in total. The van der Waals surface area contributed by atoms with Gasteiger partial charge in [-0.2, -0.15) is 0 Å². The summed E-state index contributed by atoms with van der Waals surface area (Å²) >= 11 is 0. The van der Waals surface area contributed by atoms with E-state index in [-0.39, 0.29) is 24.0 Å². The molecule has 5 heteroatoms. The van der Waals surface area contributed by atoms with Gasteiger partial charge in [-0.05, 0) is 38.7 Å². The second kappa shape index (κ2) is 7.85. The van der Waals surface area contributed by atoms with E-state index in [4.69, 9.17) is 4.42 Å². The summed E-state index contributed by atoms with van der Waals surface area (Å²) in [5, 5.41) is 7.87. The van der Waals surface area contributed by atoms with Crippen molar-refractivity contribution in [2.24, 2.45) is 10.9 Å². The summed E-state index contributed by atoms with van der Waals surface area (Å²) in [6, 6.07) is 8.14. The van der Waals surface area contributed by atoms with Crippen molar-refractivity contribution in [1.29, 1.82) is 0 Å². The number of hydrogen-bond donors (Lipinski definition) is 2. The van der Waals surface area contributed by atoms with Crippen molar-refractivity contribution in [3.8, 4) is 0 Å². The van der Waals surface area contributed by atoms with Crippen molar-refractivity contribution < 1.29 is 4.42 Å². The molecule has 1 aromatic carbocycles. The number of aryl methyl sites for hydroxylation is 1. The third-order valence-corrected chi connectivity index (χ3v) is 3.92. The molecule has 0 unspecified atom stereocenters. The second-order valence-corrected chi connectivity index (χ2v) is 5.67. The van der Waals surface area contributed by atoms with Crippen molar-refractivity contribution in [3.05, 3.63) is 35.6 Å². The maximum Gasteiger partial charge on any atom is 0.191 e. The number of para-hydroxylation sites is 1. The van der Waals surface area contributed by atoms with Gasteiger partial charge in [0, 0.05) is 24.0 Å². The normalized spacial score (nSPS) is 14.7. The van der Waals surface area contributed by atoms with Crippen LogP contribution in [0.15, 0.2) is 33.7 Å². The van der Waals surface area contributed by atoms with Crippen molar-refractivity contribution >= 4 is 40.9 Å². The summed E-state index contributed by atoms with van der Waals surface area (Å²) in [5.74, 6) is 2.66. The van der Waals surface area contributed by atoms with Gasteiger partial charge in [-0.25, -0.2) is 4.99 Å². The maximum absolute atomic E-state index is 5.90. The number of guanidine groups is 1. The number of hydrogen-bond acceptors (Lipinski definition) is 2. The van der Waals surface area contributed by atoms with Crippen LogP contribution in [-0.2, 0) is 6.54 Å². The fourth-order valence-corrected chi connectivity index (χ4v) is 2.43. The third-order valence-electron chi connectivity index (χ3n) is 3.92. The van der Waals surface area contributed by atoms with Crippen LogP contribution in [-0.4, -0.2) is 19.0 Å². The number of benzene rings is 1. The quantitative estimate of drug-likeness (QED) is 0.445. The summed E-state index contributed by atoms with van der Waals surface area (Å²) < 4.78 is 5.90. The van der Waals surface area contributed by atoms with E-state index in [1.165, 1.54) is 23.8 Å². The maximum atomic E-state index is 5.90. The first kappa shape index (κ1) is 17.1. The Labute approximate surface area is 148 Å². The van der Waals surface area contributed by atoms with E-state index >= 15 is 0 Å². The zero-order chi connectivity index (χ0) is 14.7. The monoisotopic (exact) mass is 413 g/mol. The first-order valence-electron chi connectivity index (χ1n) is 7.77. The lowest BCUT2D eigenvalue weighted by Gasteiger charge is -2.10. The highest BCUT2D eigenvalue weighted by atomic mass is 127. The molecule has 1 fully saturated rings. The number of nitrogens with zero attached hydrogens (tertiary/aromatic N) is 1. The van der Waals surface area contributed by atoms with Crippen LogP contribution in [0.1, 0.15) is 31.1 Å². The van der Waals surface area contributed by atoms with Gasteiger partial charge in [0.25, 0.3) is 0 Å². The Morgan fingerprint density at radius 2 is 2.05 bits per heavy atom. The van der Waals surface area contributed by atoms with E-state index in [2.05, 4.69) is 35.5 Å². The molecule has 0 saturated heterocycles. The largest absolute Gasteiger partial charge is 0.459 e. The number of furan rings is 1. The van der Waals surface area contributed by atoms with E-state index in [9.17, 15) is 0 Å². The van der Waals surface area contributed by atoms with Gasteiger partial charge < -0.3 is 15.1 Å². The van der Waals surface area contributed by atoms with Gasteiger partial charge in [0.05, 0.1) is 0 Å². The van der Waals surface area contributed by atoms with Crippen molar-refractivity contribution in [2.75, 3.05) is 13.1 Å². The lowest BCUT2D eigenvalue weighted by atomic mass is 10.1. The number of nitrogens with one attached hydrogen (secondary N) is 2. The van der Waals surface area contributed by atoms with Crippen molar-refractivity contribution in [1.82, 2.24) is 10.6 Å². The fraction of sp³-hybridized carbons (Fsp3) is 0.471. The molecular formula is C17H24IN3O. The van der Waals surface area contributed by atoms with Crippen LogP contribution in [0, 0.1) is 12.8 Å². The Bertz CT molecular complexity index is 646. The predicted octanol–water partition coefficient (Wildman–Crippen LogP) is 3.82. The first-order chi connectivity index (χ1) is 10.3. The number of fused-ring (bicyclic) bond motifs is 1. The molecule has 0 atom stereocenters. The van der Waals surface area contributed by atoms with Gasteiger partial charge >= 0.3 is 0 Å².